The number of benzene rings is 3. The molecule has 3 aromatic carbocycles. The molecule has 248 valence electrons. The molecule has 2 aliphatic rings. The highest BCUT2D eigenvalue weighted by Gasteiger charge is 2.51. The van der Waals surface area contributed by atoms with Gasteiger partial charge in [0.2, 0.25) is 0 Å². The number of carbonyl (C=O) groups is 1. The third-order valence-electron chi connectivity index (χ3n) is 8.06. The molecule has 5 rings (SSSR count). The maximum atomic E-state index is 12.0. The number of methoxy groups -OCH3 is 2. The summed E-state index contributed by atoms with van der Waals surface area (Å²) < 4.78 is 49.1. The summed E-state index contributed by atoms with van der Waals surface area (Å²) in [5, 5.41) is 20.3. The zero-order chi connectivity index (χ0) is 32.3. The van der Waals surface area contributed by atoms with Crippen molar-refractivity contribution in [3.05, 3.63) is 108 Å². The van der Waals surface area contributed by atoms with Gasteiger partial charge in [0.1, 0.15) is 30.5 Å². The van der Waals surface area contributed by atoms with Crippen molar-refractivity contribution < 1.29 is 52.9 Å². The average molecular weight is 639 g/mol. The molecule has 2 aliphatic heterocycles. The number of carboxylic acid groups (broad SMARTS) is 1. The first kappa shape index (κ1) is 34.1. The summed E-state index contributed by atoms with van der Waals surface area (Å²) in [6, 6.07) is 29.1. The summed E-state index contributed by atoms with van der Waals surface area (Å²) in [6.45, 7) is 0.906. The van der Waals surface area contributed by atoms with Gasteiger partial charge in [-0.1, -0.05) is 91.0 Å². The summed E-state index contributed by atoms with van der Waals surface area (Å²) >= 11 is 0. The van der Waals surface area contributed by atoms with Gasteiger partial charge in [-0.05, 0) is 16.7 Å². The van der Waals surface area contributed by atoms with Crippen molar-refractivity contribution in [2.24, 2.45) is 0 Å². The minimum atomic E-state index is -1.55. The van der Waals surface area contributed by atoms with Crippen molar-refractivity contribution in [3.8, 4) is 0 Å². The van der Waals surface area contributed by atoms with Crippen LogP contribution in [0.3, 0.4) is 0 Å². The Morgan fingerprint density at radius 3 is 1.80 bits per heavy atom. The maximum absolute atomic E-state index is 12.0. The number of hydrogen-bond donors (Lipinski definition) is 2. The molecule has 0 aromatic heterocycles. The molecule has 0 saturated carbocycles. The van der Waals surface area contributed by atoms with Crippen molar-refractivity contribution in [2.45, 2.75) is 81.5 Å². The van der Waals surface area contributed by atoms with Crippen LogP contribution in [-0.2, 0) is 62.5 Å². The van der Waals surface area contributed by atoms with Gasteiger partial charge in [0.25, 0.3) is 0 Å². The van der Waals surface area contributed by atoms with Crippen LogP contribution < -0.4 is 0 Å². The van der Waals surface area contributed by atoms with Crippen molar-refractivity contribution in [1.82, 2.24) is 0 Å². The molecule has 0 unspecified atom stereocenters. The van der Waals surface area contributed by atoms with Gasteiger partial charge in [0, 0.05) is 20.6 Å². The summed E-state index contributed by atoms with van der Waals surface area (Å²) in [5.74, 6) is -1.33. The average Bonchev–Trinajstić information content (AvgIpc) is 3.09. The molecule has 2 N–H and O–H groups in total. The summed E-state index contributed by atoms with van der Waals surface area (Å²) in [6.07, 6.45) is -8.73. The molecule has 11 nitrogen and oxygen atoms in total. The largest absolute Gasteiger partial charge is 0.479 e. The second kappa shape index (κ2) is 17.1. The monoisotopic (exact) mass is 638 g/mol. The van der Waals surface area contributed by atoms with Gasteiger partial charge in [-0.15, -0.1) is 0 Å². The number of aliphatic carboxylic acids is 1. The van der Waals surface area contributed by atoms with Crippen LogP contribution in [0.4, 0.5) is 0 Å². The van der Waals surface area contributed by atoms with E-state index in [1.165, 1.54) is 14.2 Å². The fraction of sp³-hybridized carbons (Fsp3) is 0.457. The number of aliphatic hydroxyl groups excluding tert-OH is 1. The lowest BCUT2D eigenvalue weighted by atomic mass is 9.97. The zero-order valence-electron chi connectivity index (χ0n) is 26.0. The normalized spacial score (nSPS) is 29.8. The predicted octanol–water partition coefficient (Wildman–Crippen LogP) is 3.71. The van der Waals surface area contributed by atoms with Crippen LogP contribution in [0.1, 0.15) is 23.1 Å². The first-order valence-corrected chi connectivity index (χ1v) is 15.3. The molecule has 2 heterocycles. The number of ether oxygens (including phenoxy) is 8. The highest BCUT2D eigenvalue weighted by Crippen LogP contribution is 2.34. The topological polar surface area (TPSA) is 131 Å². The Bertz CT molecular complexity index is 1310. The van der Waals surface area contributed by atoms with Crippen molar-refractivity contribution in [3.63, 3.8) is 0 Å². The third-order valence-corrected chi connectivity index (χ3v) is 8.06. The van der Waals surface area contributed by atoms with E-state index in [4.69, 9.17) is 37.9 Å². The quantitative estimate of drug-likeness (QED) is 0.253. The predicted molar refractivity (Wildman–Crippen MR) is 164 cm³/mol. The van der Waals surface area contributed by atoms with Crippen LogP contribution in [0.2, 0.25) is 0 Å². The van der Waals surface area contributed by atoms with E-state index in [9.17, 15) is 15.0 Å². The van der Waals surface area contributed by atoms with Gasteiger partial charge in [-0.25, -0.2) is 4.79 Å². The second-order valence-corrected chi connectivity index (χ2v) is 11.2. The second-order valence-electron chi connectivity index (χ2n) is 11.2. The minimum Gasteiger partial charge on any atom is -0.479 e. The van der Waals surface area contributed by atoms with Crippen LogP contribution in [-0.4, -0.2) is 92.3 Å². The van der Waals surface area contributed by atoms with E-state index in [-0.39, 0.29) is 26.2 Å². The lowest BCUT2D eigenvalue weighted by molar-refractivity contribution is -0.350. The van der Waals surface area contributed by atoms with E-state index in [2.05, 4.69) is 0 Å². The van der Waals surface area contributed by atoms with E-state index in [1.54, 1.807) is 0 Å². The first-order valence-electron chi connectivity index (χ1n) is 15.3. The molecular weight excluding hydrogens is 596 g/mol. The Labute approximate surface area is 268 Å². The molecule has 2 saturated heterocycles. The van der Waals surface area contributed by atoms with E-state index < -0.39 is 61.3 Å². The van der Waals surface area contributed by atoms with E-state index in [1.807, 2.05) is 91.0 Å². The number of rotatable bonds is 15. The van der Waals surface area contributed by atoms with Crippen LogP contribution in [0.25, 0.3) is 0 Å². The summed E-state index contributed by atoms with van der Waals surface area (Å²) in [4.78, 5) is 12.0. The number of hydrogen-bond acceptors (Lipinski definition) is 10. The van der Waals surface area contributed by atoms with Gasteiger partial charge < -0.3 is 48.1 Å². The van der Waals surface area contributed by atoms with Crippen LogP contribution >= 0.6 is 0 Å². The highest BCUT2D eigenvalue weighted by atomic mass is 16.7. The Hall–Kier alpha value is -3.23. The Kier molecular flexibility index (Phi) is 12.7. The SMILES string of the molecule is CO[C@H]1O[C@H](COCc2ccccc2)[C@@H](O[C@H]2C[C@@H](OC)[C@H](O)[C@H](C(=O)O)O2)[C@H](OCc2ccccc2)[C@H]1OCc1ccccc1. The van der Waals surface area contributed by atoms with Gasteiger partial charge in [0.05, 0.1) is 32.5 Å². The zero-order valence-corrected chi connectivity index (χ0v) is 26.0. The van der Waals surface area contributed by atoms with Gasteiger partial charge in [0.15, 0.2) is 18.7 Å². The minimum absolute atomic E-state index is 0.0736. The fourth-order valence-electron chi connectivity index (χ4n) is 5.66. The molecule has 2 fully saturated rings. The molecule has 11 heteroatoms. The van der Waals surface area contributed by atoms with Crippen LogP contribution in [0.15, 0.2) is 91.0 Å². The van der Waals surface area contributed by atoms with E-state index >= 15 is 0 Å². The molecule has 0 bridgehead atoms. The Balaban J connectivity index is 1.43. The molecule has 46 heavy (non-hydrogen) atoms. The summed E-state index contributed by atoms with van der Waals surface area (Å²) in [5.41, 5.74) is 2.86. The molecule has 0 radical (unpaired) electrons. The van der Waals surface area contributed by atoms with Crippen molar-refractivity contribution in [2.75, 3.05) is 20.8 Å². The fourth-order valence-corrected chi connectivity index (χ4v) is 5.66. The summed E-state index contributed by atoms with van der Waals surface area (Å²) in [7, 11) is 2.94. The molecule has 0 aliphatic carbocycles. The lowest BCUT2D eigenvalue weighted by Crippen LogP contribution is -2.63. The van der Waals surface area contributed by atoms with Crippen LogP contribution in [0, 0.1) is 0 Å². The van der Waals surface area contributed by atoms with E-state index in [0.717, 1.165) is 16.7 Å². The molecule has 0 amide bonds. The Morgan fingerprint density at radius 1 is 0.739 bits per heavy atom. The molecular formula is C35H42O11. The van der Waals surface area contributed by atoms with E-state index in [0.29, 0.717) is 6.61 Å². The van der Waals surface area contributed by atoms with Crippen molar-refractivity contribution >= 4 is 5.97 Å². The third kappa shape index (κ3) is 8.97. The standard InChI is InChI=1S/C35H42O11/c1-39-26-18-28(46-31(29(26)36)34(37)38)45-30-27(22-41-19-23-12-6-3-7-13-23)44-35(40-2)33(43-21-25-16-10-5-11-17-25)32(30)42-20-24-14-8-4-9-15-24/h3-17,26-33,35-36H,18-22H2,1-2H3,(H,37,38)/t26-,27-,28-,29+,30-,31-,32+,33-,35+/m1/s1. The molecule has 9 atom stereocenters. The molecule has 3 aromatic rings. The number of carboxylic acids is 1. The lowest BCUT2D eigenvalue weighted by Gasteiger charge is -2.47. The van der Waals surface area contributed by atoms with Gasteiger partial charge in [-0.3, -0.25) is 0 Å². The van der Waals surface area contributed by atoms with Gasteiger partial charge in [-0.2, -0.15) is 0 Å². The molecule has 0 spiro atoms. The highest BCUT2D eigenvalue weighted by molar-refractivity contribution is 5.73. The Morgan fingerprint density at radius 2 is 1.28 bits per heavy atom. The van der Waals surface area contributed by atoms with Crippen LogP contribution in [0.5, 0.6) is 0 Å². The number of aliphatic hydroxyl groups is 1. The first-order chi connectivity index (χ1) is 22.5. The maximum Gasteiger partial charge on any atom is 0.335 e. The smallest absolute Gasteiger partial charge is 0.335 e. The van der Waals surface area contributed by atoms with Crippen molar-refractivity contribution in [1.29, 1.82) is 0 Å². The van der Waals surface area contributed by atoms with Gasteiger partial charge >= 0.3 is 5.97 Å².